The first kappa shape index (κ1) is 13.9. The molecule has 1 aliphatic heterocycles. The second kappa shape index (κ2) is 5.78. The zero-order valence-corrected chi connectivity index (χ0v) is 13.3. The van der Waals surface area contributed by atoms with Gasteiger partial charge < -0.3 is 4.90 Å². The number of benzene rings is 1. The number of likely N-dealkylation sites (tertiary alicyclic amines) is 1. The average molecular weight is 289 g/mol. The number of piperidine rings is 1. The van der Waals surface area contributed by atoms with Crippen molar-refractivity contribution in [3.63, 3.8) is 0 Å². The van der Waals surface area contributed by atoms with Crippen molar-refractivity contribution in [3.05, 3.63) is 70.2 Å². The van der Waals surface area contributed by atoms with Crippen molar-refractivity contribution in [2.24, 2.45) is 5.92 Å². The number of hydrogen-bond donors (Lipinski definition) is 0. The predicted octanol–water partition coefficient (Wildman–Crippen LogP) is 4.23. The third-order valence-corrected chi connectivity index (χ3v) is 5.52. The molecule has 22 heavy (non-hydrogen) atoms. The van der Waals surface area contributed by atoms with Gasteiger partial charge in [-0.3, -0.25) is 0 Å². The van der Waals surface area contributed by atoms with Crippen LogP contribution in [0, 0.1) is 5.92 Å². The summed E-state index contributed by atoms with van der Waals surface area (Å²) in [5, 5.41) is 0. The highest BCUT2D eigenvalue weighted by Crippen LogP contribution is 2.45. The minimum atomic E-state index is 0.514. The highest BCUT2D eigenvalue weighted by molar-refractivity contribution is 5.50. The van der Waals surface area contributed by atoms with E-state index in [1.807, 2.05) is 6.08 Å². The van der Waals surface area contributed by atoms with Crippen LogP contribution in [0.5, 0.6) is 0 Å². The molecule has 0 amide bonds. The second-order valence-electron chi connectivity index (χ2n) is 6.86. The van der Waals surface area contributed by atoms with E-state index in [-0.39, 0.29) is 0 Å². The Morgan fingerprint density at radius 2 is 1.91 bits per heavy atom. The minimum Gasteiger partial charge on any atom is -0.306 e. The van der Waals surface area contributed by atoms with Crippen LogP contribution in [0.1, 0.15) is 36.3 Å². The number of allylic oxidation sites excluding steroid dienone is 4. The number of hydrogen-bond acceptors (Lipinski definition) is 1. The van der Waals surface area contributed by atoms with E-state index in [9.17, 15) is 0 Å². The summed E-state index contributed by atoms with van der Waals surface area (Å²) >= 11 is 0. The molecule has 1 fully saturated rings. The van der Waals surface area contributed by atoms with E-state index in [1.54, 1.807) is 5.56 Å². The monoisotopic (exact) mass is 289 g/mol. The lowest BCUT2D eigenvalue weighted by atomic mass is 9.74. The zero-order valence-electron chi connectivity index (χ0n) is 13.3. The number of rotatable bonds is 1. The van der Waals surface area contributed by atoms with Crippen LogP contribution in [0.3, 0.4) is 0 Å². The van der Waals surface area contributed by atoms with Gasteiger partial charge in [0.1, 0.15) is 0 Å². The lowest BCUT2D eigenvalue weighted by Gasteiger charge is -2.35. The van der Waals surface area contributed by atoms with Crippen LogP contribution in [0.2, 0.25) is 0 Å². The van der Waals surface area contributed by atoms with Gasteiger partial charge in [-0.2, -0.15) is 0 Å². The van der Waals surface area contributed by atoms with E-state index in [2.05, 4.69) is 53.8 Å². The molecule has 1 unspecified atom stereocenters. The second-order valence-corrected chi connectivity index (χ2v) is 6.86. The maximum Gasteiger partial charge on any atom is 0.0204 e. The summed E-state index contributed by atoms with van der Waals surface area (Å²) in [4.78, 5) is 2.46. The van der Waals surface area contributed by atoms with E-state index in [1.165, 1.54) is 42.6 Å². The van der Waals surface area contributed by atoms with E-state index in [0.717, 1.165) is 18.8 Å². The summed E-state index contributed by atoms with van der Waals surface area (Å²) in [6.45, 7) is 2.43. The first-order valence-corrected chi connectivity index (χ1v) is 8.50. The van der Waals surface area contributed by atoms with Gasteiger partial charge in [-0.15, -0.1) is 0 Å². The standard InChI is InChI=1S/C21H23N/c1-22-14-12-18(13-15-22)21-19-8-4-2-6-16(19)10-11-17-7-3-5-9-20(17)21/h2-4,6-8,18,21H,10-15H2,1H3. The van der Waals surface area contributed by atoms with Crippen LogP contribution >= 0.6 is 0 Å². The van der Waals surface area contributed by atoms with Gasteiger partial charge in [0.2, 0.25) is 0 Å². The number of aryl methyl sites for hydroxylation is 1. The molecule has 0 bridgehead atoms. The minimum absolute atomic E-state index is 0.514. The summed E-state index contributed by atoms with van der Waals surface area (Å²) in [5.41, 5.74) is 12.7. The van der Waals surface area contributed by atoms with Crippen molar-refractivity contribution in [2.75, 3.05) is 20.1 Å². The van der Waals surface area contributed by atoms with Gasteiger partial charge in [-0.1, -0.05) is 35.7 Å². The fourth-order valence-electron chi connectivity index (χ4n) is 4.27. The number of nitrogens with zero attached hydrogens (tertiary/aromatic N) is 1. The lowest BCUT2D eigenvalue weighted by molar-refractivity contribution is 0.207. The van der Waals surface area contributed by atoms with Gasteiger partial charge in [0, 0.05) is 11.5 Å². The summed E-state index contributed by atoms with van der Waals surface area (Å²) in [6.07, 6.45) is 9.17. The SMILES string of the molecule is CN1CCC(C2C3=C=C=CC=C3CCc3ccccc32)CC1. The summed E-state index contributed by atoms with van der Waals surface area (Å²) in [6, 6.07) is 9.08. The van der Waals surface area contributed by atoms with Crippen LogP contribution in [0.15, 0.2) is 59.0 Å². The van der Waals surface area contributed by atoms with Crippen molar-refractivity contribution >= 4 is 0 Å². The van der Waals surface area contributed by atoms with Crippen molar-refractivity contribution in [1.29, 1.82) is 0 Å². The Bertz CT molecular complexity index is 703. The van der Waals surface area contributed by atoms with E-state index in [4.69, 9.17) is 0 Å². The van der Waals surface area contributed by atoms with Crippen molar-refractivity contribution in [2.45, 2.75) is 31.6 Å². The Morgan fingerprint density at radius 3 is 2.77 bits per heavy atom. The third kappa shape index (κ3) is 2.42. The van der Waals surface area contributed by atoms with Gasteiger partial charge in [0.25, 0.3) is 0 Å². The number of fused-ring (bicyclic) bond motifs is 2. The Morgan fingerprint density at radius 1 is 1.09 bits per heavy atom. The van der Waals surface area contributed by atoms with E-state index < -0.39 is 0 Å². The molecule has 112 valence electrons. The molecule has 0 aromatic heterocycles. The van der Waals surface area contributed by atoms with Gasteiger partial charge >= 0.3 is 0 Å². The Labute approximate surface area is 133 Å². The van der Waals surface area contributed by atoms with Gasteiger partial charge in [-0.25, -0.2) is 0 Å². The molecular weight excluding hydrogens is 266 g/mol. The van der Waals surface area contributed by atoms with Crippen molar-refractivity contribution in [3.8, 4) is 0 Å². The van der Waals surface area contributed by atoms with E-state index >= 15 is 0 Å². The van der Waals surface area contributed by atoms with Gasteiger partial charge in [0.05, 0.1) is 0 Å². The topological polar surface area (TPSA) is 3.24 Å². The highest BCUT2D eigenvalue weighted by Gasteiger charge is 2.33. The van der Waals surface area contributed by atoms with E-state index in [0.29, 0.717) is 5.92 Å². The Balaban J connectivity index is 1.81. The molecule has 1 aromatic rings. The molecule has 1 heterocycles. The molecule has 0 N–H and O–H groups in total. The normalized spacial score (nSPS) is 25.0. The fraction of sp³-hybridized carbons (Fsp3) is 0.429. The molecular formula is C21H23N. The molecule has 2 aliphatic carbocycles. The summed E-state index contributed by atoms with van der Waals surface area (Å²) in [5.74, 6) is 1.25. The highest BCUT2D eigenvalue weighted by atomic mass is 15.1. The smallest absolute Gasteiger partial charge is 0.0204 e. The molecule has 0 radical (unpaired) electrons. The average Bonchev–Trinajstić information content (AvgIpc) is 2.73. The quantitative estimate of drug-likeness (QED) is 0.699. The van der Waals surface area contributed by atoms with Crippen LogP contribution < -0.4 is 0 Å². The predicted molar refractivity (Wildman–Crippen MR) is 90.9 cm³/mol. The Kier molecular flexibility index (Phi) is 3.64. The fourth-order valence-corrected chi connectivity index (χ4v) is 4.27. The first-order chi connectivity index (χ1) is 10.8. The summed E-state index contributed by atoms with van der Waals surface area (Å²) < 4.78 is 0. The molecule has 1 heteroatoms. The molecule has 3 aliphatic rings. The molecule has 1 aromatic carbocycles. The van der Waals surface area contributed by atoms with Crippen molar-refractivity contribution < 1.29 is 0 Å². The molecule has 1 saturated heterocycles. The molecule has 0 spiro atoms. The molecule has 1 atom stereocenters. The maximum absolute atomic E-state index is 3.49. The summed E-state index contributed by atoms with van der Waals surface area (Å²) in [7, 11) is 2.24. The van der Waals surface area contributed by atoms with Crippen LogP contribution in [0.4, 0.5) is 0 Å². The van der Waals surface area contributed by atoms with Gasteiger partial charge in [0.15, 0.2) is 0 Å². The first-order valence-electron chi connectivity index (χ1n) is 8.50. The lowest BCUT2D eigenvalue weighted by Crippen LogP contribution is -2.33. The zero-order chi connectivity index (χ0) is 14.9. The third-order valence-electron chi connectivity index (χ3n) is 5.52. The van der Waals surface area contributed by atoms with Gasteiger partial charge in [-0.05, 0) is 80.6 Å². The largest absolute Gasteiger partial charge is 0.306 e. The van der Waals surface area contributed by atoms with Crippen LogP contribution in [0.25, 0.3) is 0 Å². The molecule has 1 nitrogen and oxygen atoms in total. The van der Waals surface area contributed by atoms with Crippen LogP contribution in [-0.4, -0.2) is 25.0 Å². The Hall–Kier alpha value is -1.78. The molecule has 4 rings (SSSR count). The van der Waals surface area contributed by atoms with Crippen LogP contribution in [-0.2, 0) is 6.42 Å². The maximum atomic E-state index is 3.49. The molecule has 0 saturated carbocycles. The van der Waals surface area contributed by atoms with Crippen molar-refractivity contribution in [1.82, 2.24) is 4.90 Å².